The Bertz CT molecular complexity index is 553. The molecule has 0 N–H and O–H groups in total. The van der Waals surface area contributed by atoms with Crippen LogP contribution in [-0.4, -0.2) is 0 Å². The molecule has 3 rings (SSSR count). The molecule has 2 nitrogen and oxygen atoms in total. The quantitative estimate of drug-likeness (QED) is 0.768. The molecule has 1 aromatic heterocycles. The average Bonchev–Trinajstić information content (AvgIpc) is 2.94. The summed E-state index contributed by atoms with van der Waals surface area (Å²) in [5.74, 6) is 1.04. The average molecular weight is 270 g/mol. The highest BCUT2D eigenvalue weighted by Crippen LogP contribution is 2.40. The molecular weight excluding hydrogens is 248 g/mol. The van der Waals surface area contributed by atoms with Crippen molar-refractivity contribution < 1.29 is 9.15 Å². The van der Waals surface area contributed by atoms with Crippen molar-refractivity contribution in [2.75, 3.05) is 0 Å². The van der Waals surface area contributed by atoms with E-state index in [1.54, 1.807) is 6.26 Å². The minimum Gasteiger partial charge on any atom is -0.466 e. The van der Waals surface area contributed by atoms with Crippen LogP contribution in [-0.2, 0) is 11.2 Å². The van der Waals surface area contributed by atoms with Crippen molar-refractivity contribution in [1.29, 1.82) is 0 Å². The number of unbranched alkanes of at least 4 members (excludes halogenated alkanes) is 1. The first-order chi connectivity index (χ1) is 9.78. The predicted molar refractivity (Wildman–Crippen MR) is 79.7 cm³/mol. The second kappa shape index (κ2) is 5.84. The molecule has 0 aliphatic carbocycles. The van der Waals surface area contributed by atoms with Crippen molar-refractivity contribution in [3.8, 4) is 0 Å². The molecule has 1 aliphatic rings. The van der Waals surface area contributed by atoms with Crippen LogP contribution < -0.4 is 0 Å². The Morgan fingerprint density at radius 3 is 2.70 bits per heavy atom. The van der Waals surface area contributed by atoms with Gasteiger partial charge in [-0.1, -0.05) is 49.6 Å². The van der Waals surface area contributed by atoms with E-state index in [0.717, 1.165) is 18.6 Å². The van der Waals surface area contributed by atoms with E-state index in [4.69, 9.17) is 9.15 Å². The van der Waals surface area contributed by atoms with Crippen molar-refractivity contribution in [1.82, 2.24) is 0 Å². The SMILES string of the molecule is CCCC[C@@H]1O[C@H](c2ccc(C)cc2)Cc2ccoc21. The molecule has 1 aromatic carbocycles. The van der Waals surface area contributed by atoms with Crippen molar-refractivity contribution in [2.24, 2.45) is 0 Å². The van der Waals surface area contributed by atoms with Crippen LogP contribution in [0.2, 0.25) is 0 Å². The number of hydrogen-bond acceptors (Lipinski definition) is 2. The maximum absolute atomic E-state index is 6.31. The van der Waals surface area contributed by atoms with E-state index in [0.29, 0.717) is 0 Å². The summed E-state index contributed by atoms with van der Waals surface area (Å²) in [6.45, 7) is 4.33. The van der Waals surface area contributed by atoms with E-state index in [2.05, 4.69) is 44.2 Å². The van der Waals surface area contributed by atoms with Gasteiger partial charge in [0, 0.05) is 6.42 Å². The molecule has 0 saturated heterocycles. The number of fused-ring (bicyclic) bond motifs is 1. The summed E-state index contributed by atoms with van der Waals surface area (Å²) in [4.78, 5) is 0. The summed E-state index contributed by atoms with van der Waals surface area (Å²) in [6.07, 6.45) is 6.38. The number of hydrogen-bond donors (Lipinski definition) is 0. The zero-order valence-corrected chi connectivity index (χ0v) is 12.3. The van der Waals surface area contributed by atoms with Gasteiger partial charge in [0.1, 0.15) is 11.9 Å². The topological polar surface area (TPSA) is 22.4 Å². The predicted octanol–water partition coefficient (Wildman–Crippen LogP) is 5.13. The summed E-state index contributed by atoms with van der Waals surface area (Å²) in [5, 5.41) is 0. The zero-order chi connectivity index (χ0) is 13.9. The Labute approximate surface area is 120 Å². The zero-order valence-electron chi connectivity index (χ0n) is 12.3. The largest absolute Gasteiger partial charge is 0.466 e. The maximum Gasteiger partial charge on any atom is 0.135 e. The molecule has 2 aromatic rings. The van der Waals surface area contributed by atoms with E-state index >= 15 is 0 Å². The summed E-state index contributed by atoms with van der Waals surface area (Å²) < 4.78 is 11.9. The van der Waals surface area contributed by atoms with Gasteiger partial charge in [-0.3, -0.25) is 0 Å². The molecular formula is C18H22O2. The van der Waals surface area contributed by atoms with Gasteiger partial charge >= 0.3 is 0 Å². The Balaban J connectivity index is 1.83. The molecule has 20 heavy (non-hydrogen) atoms. The second-order valence-electron chi connectivity index (χ2n) is 5.68. The first kappa shape index (κ1) is 13.4. The van der Waals surface area contributed by atoms with Crippen LogP contribution in [0.4, 0.5) is 0 Å². The lowest BCUT2D eigenvalue weighted by Crippen LogP contribution is -2.19. The van der Waals surface area contributed by atoms with Crippen LogP contribution in [0, 0.1) is 6.92 Å². The summed E-state index contributed by atoms with van der Waals surface area (Å²) in [6, 6.07) is 10.8. The minimum atomic E-state index is 0.111. The number of benzene rings is 1. The van der Waals surface area contributed by atoms with Crippen LogP contribution in [0.1, 0.15) is 60.8 Å². The number of aryl methyl sites for hydroxylation is 1. The van der Waals surface area contributed by atoms with Gasteiger partial charge in [-0.2, -0.15) is 0 Å². The molecule has 0 amide bonds. The molecule has 106 valence electrons. The molecule has 0 fully saturated rings. The van der Waals surface area contributed by atoms with E-state index in [1.165, 1.54) is 29.5 Å². The van der Waals surface area contributed by atoms with E-state index in [9.17, 15) is 0 Å². The highest BCUT2D eigenvalue weighted by atomic mass is 16.5. The van der Waals surface area contributed by atoms with E-state index < -0.39 is 0 Å². The highest BCUT2D eigenvalue weighted by molar-refractivity contribution is 5.29. The summed E-state index contributed by atoms with van der Waals surface area (Å²) in [7, 11) is 0. The molecule has 0 saturated carbocycles. The molecule has 2 heterocycles. The third kappa shape index (κ3) is 2.66. The van der Waals surface area contributed by atoms with Crippen molar-refractivity contribution in [3.63, 3.8) is 0 Å². The van der Waals surface area contributed by atoms with Crippen LogP contribution in [0.25, 0.3) is 0 Å². The van der Waals surface area contributed by atoms with E-state index in [1.807, 2.05) is 0 Å². The lowest BCUT2D eigenvalue weighted by atomic mass is 9.94. The summed E-state index contributed by atoms with van der Waals surface area (Å²) >= 11 is 0. The molecule has 2 atom stereocenters. The molecule has 1 aliphatic heterocycles. The minimum absolute atomic E-state index is 0.111. The van der Waals surface area contributed by atoms with Gasteiger partial charge in [0.25, 0.3) is 0 Å². The maximum atomic E-state index is 6.31. The fraction of sp³-hybridized carbons (Fsp3) is 0.444. The Hall–Kier alpha value is -1.54. The van der Waals surface area contributed by atoms with Gasteiger partial charge in [0.2, 0.25) is 0 Å². The third-order valence-corrected chi connectivity index (χ3v) is 4.08. The van der Waals surface area contributed by atoms with Gasteiger partial charge in [0.15, 0.2) is 0 Å². The van der Waals surface area contributed by atoms with Crippen molar-refractivity contribution in [3.05, 3.63) is 59.0 Å². The van der Waals surface area contributed by atoms with Crippen LogP contribution in [0.5, 0.6) is 0 Å². The second-order valence-corrected chi connectivity index (χ2v) is 5.68. The molecule has 2 heteroatoms. The number of ether oxygens (including phenoxy) is 1. The van der Waals surface area contributed by atoms with Crippen LogP contribution >= 0.6 is 0 Å². The smallest absolute Gasteiger partial charge is 0.135 e. The molecule has 0 bridgehead atoms. The number of furan rings is 1. The Kier molecular flexibility index (Phi) is 3.93. The fourth-order valence-corrected chi connectivity index (χ4v) is 2.87. The third-order valence-electron chi connectivity index (χ3n) is 4.08. The lowest BCUT2D eigenvalue weighted by Gasteiger charge is -2.29. The standard InChI is InChI=1S/C18H22O2/c1-3-4-5-16-18-15(10-11-19-18)12-17(20-16)14-8-6-13(2)7-9-14/h6-11,16-17H,3-5,12H2,1-2H3/t16-,17-/m0/s1. The van der Waals surface area contributed by atoms with Crippen molar-refractivity contribution >= 4 is 0 Å². The lowest BCUT2D eigenvalue weighted by molar-refractivity contribution is -0.0444. The monoisotopic (exact) mass is 270 g/mol. The van der Waals surface area contributed by atoms with Crippen LogP contribution in [0.15, 0.2) is 41.0 Å². The van der Waals surface area contributed by atoms with Gasteiger partial charge in [0.05, 0.1) is 12.4 Å². The first-order valence-electron chi connectivity index (χ1n) is 7.56. The van der Waals surface area contributed by atoms with E-state index in [-0.39, 0.29) is 12.2 Å². The Morgan fingerprint density at radius 2 is 1.95 bits per heavy atom. The summed E-state index contributed by atoms with van der Waals surface area (Å²) in [5.41, 5.74) is 3.86. The number of rotatable bonds is 4. The Morgan fingerprint density at radius 1 is 1.15 bits per heavy atom. The van der Waals surface area contributed by atoms with Gasteiger partial charge < -0.3 is 9.15 Å². The van der Waals surface area contributed by atoms with Crippen molar-refractivity contribution in [2.45, 2.75) is 51.7 Å². The molecule has 0 spiro atoms. The molecule has 0 radical (unpaired) electrons. The fourth-order valence-electron chi connectivity index (χ4n) is 2.87. The normalized spacial score (nSPS) is 21.7. The van der Waals surface area contributed by atoms with Gasteiger partial charge in [-0.25, -0.2) is 0 Å². The molecule has 0 unspecified atom stereocenters. The van der Waals surface area contributed by atoms with Gasteiger partial charge in [-0.05, 0) is 30.5 Å². The van der Waals surface area contributed by atoms with Gasteiger partial charge in [-0.15, -0.1) is 0 Å². The highest BCUT2D eigenvalue weighted by Gasteiger charge is 2.30. The van der Waals surface area contributed by atoms with Crippen LogP contribution in [0.3, 0.4) is 0 Å². The first-order valence-corrected chi connectivity index (χ1v) is 7.56.